The summed E-state index contributed by atoms with van der Waals surface area (Å²) in [7, 11) is 1.61. The van der Waals surface area contributed by atoms with Crippen molar-refractivity contribution in [1.29, 1.82) is 0 Å². The SMILES string of the molecule is COc1ccc(C2=C/C(=C/c3ccc(-c4ccc(Br)cc4)o3)C(=O)O2)cc1. The zero-order valence-corrected chi connectivity index (χ0v) is 16.0. The smallest absolute Gasteiger partial charge is 0.343 e. The standard InChI is InChI=1S/C22H15BrO4/c1-25-18-8-4-15(5-9-18)21-13-16(22(24)27-21)12-19-10-11-20(26-19)14-2-6-17(23)7-3-14/h2-13H,1H3/b16-12-. The van der Waals surface area contributed by atoms with Gasteiger partial charge in [0.1, 0.15) is 23.0 Å². The molecule has 0 atom stereocenters. The molecule has 0 amide bonds. The predicted molar refractivity (Wildman–Crippen MR) is 107 cm³/mol. The first-order valence-corrected chi connectivity index (χ1v) is 9.07. The van der Waals surface area contributed by atoms with Crippen LogP contribution in [0.5, 0.6) is 5.75 Å². The van der Waals surface area contributed by atoms with Crippen molar-refractivity contribution in [2.75, 3.05) is 7.11 Å². The van der Waals surface area contributed by atoms with Crippen LogP contribution in [0.25, 0.3) is 23.2 Å². The van der Waals surface area contributed by atoms with Crippen molar-refractivity contribution in [2.24, 2.45) is 0 Å². The fourth-order valence-electron chi connectivity index (χ4n) is 2.74. The minimum Gasteiger partial charge on any atom is -0.497 e. The number of hydrogen-bond acceptors (Lipinski definition) is 4. The number of halogens is 1. The maximum atomic E-state index is 12.2. The van der Waals surface area contributed by atoms with Crippen molar-refractivity contribution in [2.45, 2.75) is 0 Å². The van der Waals surface area contributed by atoms with E-state index in [1.54, 1.807) is 19.3 Å². The first-order chi connectivity index (χ1) is 13.1. The van der Waals surface area contributed by atoms with Gasteiger partial charge in [0.25, 0.3) is 0 Å². The van der Waals surface area contributed by atoms with Crippen molar-refractivity contribution < 1.29 is 18.7 Å². The summed E-state index contributed by atoms with van der Waals surface area (Å²) in [5, 5.41) is 0. The lowest BCUT2D eigenvalue weighted by Gasteiger charge is -2.03. The number of ether oxygens (including phenoxy) is 2. The first-order valence-electron chi connectivity index (χ1n) is 8.28. The van der Waals surface area contributed by atoms with E-state index in [0.29, 0.717) is 17.1 Å². The highest BCUT2D eigenvalue weighted by molar-refractivity contribution is 9.10. The lowest BCUT2D eigenvalue weighted by atomic mass is 10.1. The molecule has 4 nitrogen and oxygen atoms in total. The highest BCUT2D eigenvalue weighted by Crippen LogP contribution is 2.30. The molecule has 0 saturated heterocycles. The molecule has 0 N–H and O–H groups in total. The van der Waals surface area contributed by atoms with Gasteiger partial charge in [0.05, 0.1) is 12.7 Å². The fourth-order valence-corrected chi connectivity index (χ4v) is 3.00. The number of benzene rings is 2. The van der Waals surface area contributed by atoms with Gasteiger partial charge in [-0.25, -0.2) is 4.79 Å². The van der Waals surface area contributed by atoms with Gasteiger partial charge in [0.15, 0.2) is 0 Å². The minimum atomic E-state index is -0.401. The second-order valence-electron chi connectivity index (χ2n) is 5.94. The van der Waals surface area contributed by atoms with Crippen LogP contribution in [0.3, 0.4) is 0 Å². The minimum absolute atomic E-state index is 0.401. The maximum Gasteiger partial charge on any atom is 0.343 e. The molecule has 134 valence electrons. The van der Waals surface area contributed by atoms with Crippen molar-refractivity contribution in [3.8, 4) is 17.1 Å². The van der Waals surface area contributed by atoms with Crippen LogP contribution in [-0.2, 0) is 9.53 Å². The second kappa shape index (κ2) is 7.29. The molecule has 0 aliphatic carbocycles. The molecule has 2 aromatic carbocycles. The Bertz CT molecular complexity index is 1040. The van der Waals surface area contributed by atoms with Crippen LogP contribution in [0.1, 0.15) is 11.3 Å². The van der Waals surface area contributed by atoms with Crippen LogP contribution in [0.4, 0.5) is 0 Å². The van der Waals surface area contributed by atoms with E-state index in [4.69, 9.17) is 13.9 Å². The number of esters is 1. The Labute approximate surface area is 164 Å². The summed E-state index contributed by atoms with van der Waals surface area (Å²) < 4.78 is 17.4. The second-order valence-corrected chi connectivity index (χ2v) is 6.85. The summed E-state index contributed by atoms with van der Waals surface area (Å²) in [6, 6.07) is 18.9. The highest BCUT2D eigenvalue weighted by atomic mass is 79.9. The van der Waals surface area contributed by atoms with Crippen LogP contribution in [0, 0.1) is 0 Å². The molecule has 0 unspecified atom stereocenters. The third-order valence-corrected chi connectivity index (χ3v) is 4.68. The molecule has 4 rings (SSSR count). The largest absolute Gasteiger partial charge is 0.497 e. The average molecular weight is 423 g/mol. The zero-order valence-electron chi connectivity index (χ0n) is 14.4. The van der Waals surface area contributed by atoms with Crippen LogP contribution in [0.15, 0.2) is 81.2 Å². The van der Waals surface area contributed by atoms with Gasteiger partial charge in [-0.05, 0) is 60.7 Å². The molecule has 0 saturated carbocycles. The van der Waals surface area contributed by atoms with Gasteiger partial charge in [0, 0.05) is 15.6 Å². The average Bonchev–Trinajstić information content (AvgIpc) is 3.30. The van der Waals surface area contributed by atoms with E-state index in [1.807, 2.05) is 60.7 Å². The molecule has 1 aliphatic rings. The Morgan fingerprint density at radius 1 is 0.926 bits per heavy atom. The van der Waals surface area contributed by atoms with Crippen molar-refractivity contribution in [3.63, 3.8) is 0 Å². The summed E-state index contributed by atoms with van der Waals surface area (Å²) in [6.07, 6.45) is 3.40. The van der Waals surface area contributed by atoms with E-state index in [0.717, 1.165) is 27.1 Å². The quantitative estimate of drug-likeness (QED) is 0.399. The number of cyclic esters (lactones) is 1. The van der Waals surface area contributed by atoms with Gasteiger partial charge in [0.2, 0.25) is 0 Å². The Morgan fingerprint density at radius 3 is 2.33 bits per heavy atom. The summed E-state index contributed by atoms with van der Waals surface area (Å²) in [6.45, 7) is 0. The monoisotopic (exact) mass is 422 g/mol. The molecule has 27 heavy (non-hydrogen) atoms. The molecule has 3 aromatic rings. The Hall–Kier alpha value is -3.05. The van der Waals surface area contributed by atoms with E-state index in [2.05, 4.69) is 15.9 Å². The molecule has 2 heterocycles. The maximum absolute atomic E-state index is 12.2. The molecule has 1 aliphatic heterocycles. The van der Waals surface area contributed by atoms with Crippen molar-refractivity contribution in [3.05, 3.63) is 88.1 Å². The number of rotatable bonds is 4. The van der Waals surface area contributed by atoms with Crippen molar-refractivity contribution >= 4 is 33.7 Å². The van der Waals surface area contributed by atoms with Gasteiger partial charge < -0.3 is 13.9 Å². The molecular formula is C22H15BrO4. The molecule has 1 aromatic heterocycles. The molecule has 0 spiro atoms. The number of methoxy groups -OCH3 is 1. The van der Waals surface area contributed by atoms with Gasteiger partial charge >= 0.3 is 5.97 Å². The summed E-state index contributed by atoms with van der Waals surface area (Å²) >= 11 is 3.42. The van der Waals surface area contributed by atoms with Crippen LogP contribution >= 0.6 is 15.9 Å². The summed E-state index contributed by atoms with van der Waals surface area (Å²) in [4.78, 5) is 12.2. The third kappa shape index (κ3) is 3.73. The van der Waals surface area contributed by atoms with E-state index in [1.165, 1.54) is 0 Å². The predicted octanol–water partition coefficient (Wildman–Crippen LogP) is 5.70. The summed E-state index contributed by atoms with van der Waals surface area (Å²) in [5.41, 5.74) is 2.21. The number of carbonyl (C=O) groups is 1. The van der Waals surface area contributed by atoms with Crippen LogP contribution in [-0.4, -0.2) is 13.1 Å². The van der Waals surface area contributed by atoms with Gasteiger partial charge in [-0.1, -0.05) is 28.1 Å². The van der Waals surface area contributed by atoms with Crippen LogP contribution < -0.4 is 4.74 Å². The lowest BCUT2D eigenvalue weighted by molar-refractivity contribution is -0.130. The highest BCUT2D eigenvalue weighted by Gasteiger charge is 2.22. The van der Waals surface area contributed by atoms with Crippen LogP contribution in [0.2, 0.25) is 0 Å². The van der Waals surface area contributed by atoms with Gasteiger partial charge in [-0.3, -0.25) is 0 Å². The Morgan fingerprint density at radius 2 is 1.63 bits per heavy atom. The number of hydrogen-bond donors (Lipinski definition) is 0. The van der Waals surface area contributed by atoms with E-state index >= 15 is 0 Å². The normalized spacial score (nSPS) is 15.0. The third-order valence-electron chi connectivity index (χ3n) is 4.15. The number of carbonyl (C=O) groups excluding carboxylic acids is 1. The van der Waals surface area contributed by atoms with E-state index < -0.39 is 5.97 Å². The number of furan rings is 1. The summed E-state index contributed by atoms with van der Waals surface area (Å²) in [5.74, 6) is 2.18. The Balaban J connectivity index is 1.59. The topological polar surface area (TPSA) is 48.7 Å². The van der Waals surface area contributed by atoms with Gasteiger partial charge in [-0.2, -0.15) is 0 Å². The van der Waals surface area contributed by atoms with E-state index in [-0.39, 0.29) is 0 Å². The van der Waals surface area contributed by atoms with Crippen molar-refractivity contribution in [1.82, 2.24) is 0 Å². The molecule has 0 radical (unpaired) electrons. The van der Waals surface area contributed by atoms with E-state index in [9.17, 15) is 4.79 Å². The first kappa shape index (κ1) is 17.4. The molecule has 0 fully saturated rings. The molecule has 0 bridgehead atoms. The Kier molecular flexibility index (Phi) is 4.69. The lowest BCUT2D eigenvalue weighted by Crippen LogP contribution is -1.97. The molecule has 5 heteroatoms. The fraction of sp³-hybridized carbons (Fsp3) is 0.0455. The van der Waals surface area contributed by atoms with Gasteiger partial charge in [-0.15, -0.1) is 0 Å². The zero-order chi connectivity index (χ0) is 18.8. The molecular weight excluding hydrogens is 408 g/mol.